The number of aliphatic hydroxyl groups excluding tert-OH is 4. The van der Waals surface area contributed by atoms with Crippen LogP contribution in [0.1, 0.15) is 39.5 Å². The Hall–Kier alpha value is -0.460. The van der Waals surface area contributed by atoms with E-state index in [1.165, 1.54) is 0 Å². The lowest BCUT2D eigenvalue weighted by molar-refractivity contribution is -0.247. The summed E-state index contributed by atoms with van der Waals surface area (Å²) in [6.45, 7) is 10.7. The van der Waals surface area contributed by atoms with Crippen LogP contribution in [0.2, 0.25) is 0 Å². The summed E-state index contributed by atoms with van der Waals surface area (Å²) < 4.78 is 0. The van der Waals surface area contributed by atoms with E-state index >= 15 is 0 Å². The molecule has 0 radical (unpaired) electrons. The van der Waals surface area contributed by atoms with Gasteiger partial charge in [-0.1, -0.05) is 20.4 Å². The summed E-state index contributed by atoms with van der Waals surface area (Å²) in [5, 5.41) is 45.2. The smallest absolute Gasteiger partial charge is 0.0868 e. The third kappa shape index (κ3) is 1.49. The molecule has 6 fully saturated rings. The van der Waals surface area contributed by atoms with Gasteiger partial charge in [0.1, 0.15) is 0 Å². The predicted molar refractivity (Wildman–Crippen MR) is 99.6 cm³/mol. The molecule has 0 aromatic carbocycles. The summed E-state index contributed by atoms with van der Waals surface area (Å²) >= 11 is 0. The maximum atomic E-state index is 11.5. The summed E-state index contributed by atoms with van der Waals surface area (Å²) in [6, 6.07) is 0.196. The maximum absolute atomic E-state index is 11.5. The lowest BCUT2D eigenvalue weighted by Gasteiger charge is -2.66. The number of hydrogen-bond acceptors (Lipinski definition) is 5. The Morgan fingerprint density at radius 3 is 2.63 bits per heavy atom. The Labute approximate surface area is 161 Å². The lowest BCUT2D eigenvalue weighted by atomic mass is 9.43. The van der Waals surface area contributed by atoms with Gasteiger partial charge in [0.05, 0.1) is 24.4 Å². The Kier molecular flexibility index (Phi) is 3.10. The van der Waals surface area contributed by atoms with Gasteiger partial charge in [0.2, 0.25) is 0 Å². The molecule has 0 aromatic rings. The zero-order valence-corrected chi connectivity index (χ0v) is 16.4. The van der Waals surface area contributed by atoms with Crippen molar-refractivity contribution in [3.05, 3.63) is 12.2 Å². The standard InChI is InChI=1S/C22H33NO4/c1-4-23-9-20(3)6-5-14(24)22-13(20)7-12(18(22)23)21-8-11(10(2)19(21)27)15(25)16(26)17(21)22/h11-19,24-27H,2,4-9H2,1,3H3. The van der Waals surface area contributed by atoms with Crippen molar-refractivity contribution in [2.45, 2.75) is 70.0 Å². The van der Waals surface area contributed by atoms with Gasteiger partial charge in [0.25, 0.3) is 0 Å². The minimum atomic E-state index is -0.887. The second-order valence-electron chi connectivity index (χ2n) is 11.0. The average molecular weight is 376 g/mol. The molecular formula is C22H33NO4. The number of hydrogen-bond donors (Lipinski definition) is 4. The topological polar surface area (TPSA) is 84.2 Å². The highest BCUT2D eigenvalue weighted by molar-refractivity contribution is 5.40. The molecule has 5 nitrogen and oxygen atoms in total. The fourth-order valence-corrected chi connectivity index (χ4v) is 10.0. The molecule has 0 amide bonds. The summed E-state index contributed by atoms with van der Waals surface area (Å²) in [5.41, 5.74) is 0.00434. The molecule has 5 aliphatic carbocycles. The van der Waals surface area contributed by atoms with Gasteiger partial charge >= 0.3 is 0 Å². The molecule has 7 bridgehead atoms. The molecule has 5 saturated carbocycles. The van der Waals surface area contributed by atoms with Crippen LogP contribution < -0.4 is 0 Å². The van der Waals surface area contributed by atoms with Gasteiger partial charge in [-0.05, 0) is 55.1 Å². The van der Waals surface area contributed by atoms with Crippen LogP contribution in [-0.2, 0) is 0 Å². The average Bonchev–Trinajstić information content (AvgIpc) is 3.17. The normalized spacial score (nSPS) is 66.3. The van der Waals surface area contributed by atoms with Gasteiger partial charge in [-0.3, -0.25) is 4.90 Å². The van der Waals surface area contributed by atoms with E-state index in [-0.39, 0.29) is 29.2 Å². The summed E-state index contributed by atoms with van der Waals surface area (Å²) in [5.74, 6) is 0.162. The van der Waals surface area contributed by atoms with Gasteiger partial charge in [-0.25, -0.2) is 0 Å². The highest BCUT2D eigenvalue weighted by atomic mass is 16.3. The van der Waals surface area contributed by atoms with Crippen molar-refractivity contribution in [2.75, 3.05) is 13.1 Å². The molecule has 1 aliphatic heterocycles. The predicted octanol–water partition coefficient (Wildman–Crippen LogP) is 0.763. The Morgan fingerprint density at radius 1 is 1.19 bits per heavy atom. The van der Waals surface area contributed by atoms with Gasteiger partial charge in [0.15, 0.2) is 0 Å². The van der Waals surface area contributed by atoms with E-state index in [0.29, 0.717) is 17.9 Å². The second-order valence-corrected chi connectivity index (χ2v) is 11.0. The van der Waals surface area contributed by atoms with Crippen LogP contribution in [0, 0.1) is 39.9 Å². The first-order chi connectivity index (χ1) is 12.7. The minimum Gasteiger partial charge on any atom is -0.392 e. The van der Waals surface area contributed by atoms with Gasteiger partial charge in [-0.2, -0.15) is 0 Å². The summed E-state index contributed by atoms with van der Waals surface area (Å²) in [4.78, 5) is 2.55. The maximum Gasteiger partial charge on any atom is 0.0868 e. The highest BCUT2D eigenvalue weighted by Gasteiger charge is 2.86. The van der Waals surface area contributed by atoms with E-state index in [9.17, 15) is 20.4 Å². The number of piperidine rings is 1. The molecule has 2 spiro atoms. The Balaban J connectivity index is 1.63. The molecule has 12 unspecified atom stereocenters. The SMILES string of the molecule is C=C1C2CC3(C1O)C1CC4C5(C)CCC(O)C4(C1N(CC)C5)C3C(O)C2O. The first kappa shape index (κ1) is 17.4. The fraction of sp³-hybridized carbons (Fsp3) is 0.909. The zero-order valence-electron chi connectivity index (χ0n) is 16.4. The van der Waals surface area contributed by atoms with Crippen LogP contribution >= 0.6 is 0 Å². The van der Waals surface area contributed by atoms with E-state index in [1.54, 1.807) is 0 Å². The molecule has 4 N–H and O–H groups in total. The van der Waals surface area contributed by atoms with Crippen LogP contribution in [-0.4, -0.2) is 68.9 Å². The van der Waals surface area contributed by atoms with Crippen molar-refractivity contribution in [3.63, 3.8) is 0 Å². The van der Waals surface area contributed by atoms with E-state index in [4.69, 9.17) is 0 Å². The number of nitrogens with zero attached hydrogens (tertiary/aromatic N) is 1. The fourth-order valence-electron chi connectivity index (χ4n) is 10.0. The zero-order chi connectivity index (χ0) is 19.1. The molecule has 1 heterocycles. The van der Waals surface area contributed by atoms with E-state index in [2.05, 4.69) is 25.3 Å². The number of likely N-dealkylation sites (tertiary alicyclic amines) is 1. The Morgan fingerprint density at radius 2 is 1.93 bits per heavy atom. The summed E-state index contributed by atoms with van der Waals surface area (Å²) in [7, 11) is 0. The van der Waals surface area contributed by atoms with Gasteiger partial charge in [-0.15, -0.1) is 0 Å². The van der Waals surface area contributed by atoms with Crippen LogP contribution in [0.3, 0.4) is 0 Å². The van der Waals surface area contributed by atoms with Crippen molar-refractivity contribution < 1.29 is 20.4 Å². The van der Waals surface area contributed by atoms with Crippen molar-refractivity contribution in [1.29, 1.82) is 0 Å². The number of fused-ring (bicyclic) bond motifs is 1. The third-order valence-corrected chi connectivity index (χ3v) is 10.6. The molecule has 5 heteroatoms. The third-order valence-electron chi connectivity index (χ3n) is 10.6. The first-order valence-electron chi connectivity index (χ1n) is 10.9. The second kappa shape index (κ2) is 4.81. The van der Waals surface area contributed by atoms with Crippen molar-refractivity contribution in [1.82, 2.24) is 4.90 Å². The van der Waals surface area contributed by atoms with Crippen LogP contribution in [0.15, 0.2) is 12.2 Å². The van der Waals surface area contributed by atoms with E-state index < -0.39 is 35.2 Å². The number of aliphatic hydroxyl groups is 4. The van der Waals surface area contributed by atoms with Crippen LogP contribution in [0.5, 0.6) is 0 Å². The molecule has 6 aliphatic rings. The largest absolute Gasteiger partial charge is 0.392 e. The Bertz CT molecular complexity index is 727. The van der Waals surface area contributed by atoms with Crippen molar-refractivity contribution in [3.8, 4) is 0 Å². The van der Waals surface area contributed by atoms with Gasteiger partial charge < -0.3 is 20.4 Å². The first-order valence-corrected chi connectivity index (χ1v) is 10.9. The van der Waals surface area contributed by atoms with E-state index in [1.807, 2.05) is 0 Å². The van der Waals surface area contributed by atoms with Crippen LogP contribution in [0.25, 0.3) is 0 Å². The van der Waals surface area contributed by atoms with Crippen LogP contribution in [0.4, 0.5) is 0 Å². The number of rotatable bonds is 1. The quantitative estimate of drug-likeness (QED) is 0.509. The van der Waals surface area contributed by atoms with Crippen molar-refractivity contribution in [2.24, 2.45) is 39.9 Å². The highest BCUT2D eigenvalue weighted by Crippen LogP contribution is 2.83. The molecule has 150 valence electrons. The van der Waals surface area contributed by atoms with E-state index in [0.717, 1.165) is 32.4 Å². The molecule has 1 saturated heterocycles. The molecule has 6 rings (SSSR count). The molecule has 12 atom stereocenters. The lowest BCUT2D eigenvalue weighted by Crippen LogP contribution is -2.70. The molecular weight excluding hydrogens is 342 g/mol. The van der Waals surface area contributed by atoms with Crippen molar-refractivity contribution >= 4 is 0 Å². The summed E-state index contributed by atoms with van der Waals surface area (Å²) in [6.07, 6.45) is 0.626. The van der Waals surface area contributed by atoms with Gasteiger partial charge in [0, 0.05) is 35.3 Å². The minimum absolute atomic E-state index is 0.143. The monoisotopic (exact) mass is 375 g/mol. The molecule has 0 aromatic heterocycles. The molecule has 27 heavy (non-hydrogen) atoms.